The number of nitrogens with zero attached hydrogens (tertiary/aromatic N) is 3. The minimum atomic E-state index is -3.97. The normalized spacial score (nSPS) is 11.8. The van der Waals surface area contributed by atoms with Gasteiger partial charge >= 0.3 is 0 Å². The van der Waals surface area contributed by atoms with E-state index in [1.807, 2.05) is 57.2 Å². The Morgan fingerprint density at radius 2 is 1.63 bits per heavy atom. The molecule has 0 aliphatic rings. The number of halogens is 1. The largest absolute Gasteiger partial charge is 0.318 e. The summed E-state index contributed by atoms with van der Waals surface area (Å²) in [5.74, 6) is -0.554. The van der Waals surface area contributed by atoms with Crippen molar-refractivity contribution in [2.24, 2.45) is 5.10 Å². The number of nitrogens with one attached hydrogen (secondary N) is 1. The summed E-state index contributed by atoms with van der Waals surface area (Å²) in [5, 5.41) is 4.54. The molecule has 1 N–H and O–H groups in total. The van der Waals surface area contributed by atoms with Gasteiger partial charge in [-0.1, -0.05) is 59.6 Å². The lowest BCUT2D eigenvalue weighted by Crippen LogP contribution is -2.39. The van der Waals surface area contributed by atoms with Crippen LogP contribution in [0.3, 0.4) is 0 Å². The molecule has 38 heavy (non-hydrogen) atoms. The number of aromatic nitrogens is 1. The van der Waals surface area contributed by atoms with E-state index < -0.39 is 22.5 Å². The Kier molecular flexibility index (Phi) is 8.46. The fourth-order valence-corrected chi connectivity index (χ4v) is 5.66. The zero-order valence-electron chi connectivity index (χ0n) is 21.4. The molecule has 4 rings (SSSR count). The van der Waals surface area contributed by atoms with Gasteiger partial charge in [-0.25, -0.2) is 13.8 Å². The lowest BCUT2D eigenvalue weighted by molar-refractivity contribution is -0.121. The van der Waals surface area contributed by atoms with Crippen LogP contribution in [0.15, 0.2) is 94.9 Å². The van der Waals surface area contributed by atoms with Crippen molar-refractivity contribution in [2.75, 3.05) is 6.54 Å². The van der Waals surface area contributed by atoms with Crippen LogP contribution in [-0.4, -0.2) is 36.0 Å². The number of hydrazone groups is 1. The van der Waals surface area contributed by atoms with Crippen molar-refractivity contribution < 1.29 is 13.2 Å². The number of sulfonamides is 1. The first-order chi connectivity index (χ1) is 18.1. The summed E-state index contributed by atoms with van der Waals surface area (Å²) in [4.78, 5) is 12.9. The van der Waals surface area contributed by atoms with E-state index in [1.54, 1.807) is 6.21 Å². The molecular weight excluding hydrogens is 520 g/mol. The molecule has 1 amide bonds. The molecule has 0 aliphatic heterocycles. The first-order valence-corrected chi connectivity index (χ1v) is 13.8. The van der Waals surface area contributed by atoms with E-state index in [0.29, 0.717) is 5.02 Å². The highest BCUT2D eigenvalue weighted by Crippen LogP contribution is 2.21. The fourth-order valence-electron chi connectivity index (χ4n) is 4.15. The van der Waals surface area contributed by atoms with Gasteiger partial charge in [0.05, 0.1) is 17.7 Å². The topological polar surface area (TPSA) is 83.8 Å². The highest BCUT2D eigenvalue weighted by molar-refractivity contribution is 7.89. The molecule has 0 atom stereocenters. The van der Waals surface area contributed by atoms with Crippen LogP contribution in [-0.2, 0) is 21.4 Å². The van der Waals surface area contributed by atoms with Crippen molar-refractivity contribution in [3.05, 3.63) is 118 Å². The first-order valence-electron chi connectivity index (χ1n) is 12.0. The molecule has 0 radical (unpaired) electrons. The SMILES string of the molecule is Cc1ccc(-n2c(C)cc(/C=N\NC(=O)CN(Cc3ccccc3)S(=O)(=O)c3ccc(Cl)cc3)c2C)cc1. The molecule has 3 aromatic carbocycles. The Morgan fingerprint density at radius 1 is 0.974 bits per heavy atom. The van der Waals surface area contributed by atoms with Gasteiger partial charge in [0, 0.05) is 34.2 Å². The number of hydrogen-bond acceptors (Lipinski definition) is 4. The van der Waals surface area contributed by atoms with Gasteiger partial charge in [-0.05, 0) is 68.8 Å². The van der Waals surface area contributed by atoms with Gasteiger partial charge in [0.1, 0.15) is 0 Å². The Bertz CT molecular complexity index is 1550. The van der Waals surface area contributed by atoms with Crippen LogP contribution >= 0.6 is 11.6 Å². The second-order valence-electron chi connectivity index (χ2n) is 9.00. The third-order valence-corrected chi connectivity index (χ3v) is 8.19. The van der Waals surface area contributed by atoms with Gasteiger partial charge in [-0.2, -0.15) is 9.41 Å². The van der Waals surface area contributed by atoms with E-state index in [-0.39, 0.29) is 11.4 Å². The van der Waals surface area contributed by atoms with Crippen molar-refractivity contribution >= 4 is 33.7 Å². The number of hydrogen-bond donors (Lipinski definition) is 1. The molecular formula is C29H29ClN4O3S. The van der Waals surface area contributed by atoms with Gasteiger partial charge in [0.15, 0.2) is 0 Å². The monoisotopic (exact) mass is 548 g/mol. The van der Waals surface area contributed by atoms with Gasteiger partial charge < -0.3 is 4.57 Å². The molecule has 4 aromatic rings. The highest BCUT2D eigenvalue weighted by Gasteiger charge is 2.27. The summed E-state index contributed by atoms with van der Waals surface area (Å²) in [5.41, 5.74) is 8.30. The van der Waals surface area contributed by atoms with Gasteiger partial charge in [0.2, 0.25) is 10.0 Å². The smallest absolute Gasteiger partial charge is 0.255 e. The van der Waals surface area contributed by atoms with Crippen LogP contribution in [0.2, 0.25) is 5.02 Å². The molecule has 0 saturated carbocycles. The van der Waals surface area contributed by atoms with Crippen LogP contribution in [0.4, 0.5) is 0 Å². The lowest BCUT2D eigenvalue weighted by atomic mass is 10.2. The fraction of sp³-hybridized carbons (Fsp3) is 0.172. The molecule has 0 aliphatic carbocycles. The van der Waals surface area contributed by atoms with Crippen molar-refractivity contribution in [3.8, 4) is 5.69 Å². The van der Waals surface area contributed by atoms with E-state index in [2.05, 4.69) is 39.4 Å². The summed E-state index contributed by atoms with van der Waals surface area (Å²) in [6.07, 6.45) is 1.57. The quantitative estimate of drug-likeness (QED) is 0.225. The Hall–Kier alpha value is -3.72. The van der Waals surface area contributed by atoms with Crippen molar-refractivity contribution in [1.82, 2.24) is 14.3 Å². The molecule has 0 unspecified atom stereocenters. The predicted octanol–water partition coefficient (Wildman–Crippen LogP) is 5.40. The van der Waals surface area contributed by atoms with Crippen LogP contribution in [0.1, 0.15) is 28.1 Å². The summed E-state index contributed by atoms with van der Waals surface area (Å²) in [6.45, 7) is 5.66. The summed E-state index contributed by atoms with van der Waals surface area (Å²) in [6, 6.07) is 25.2. The number of carbonyl (C=O) groups excluding carboxylic acids is 1. The molecule has 1 heterocycles. The van der Waals surface area contributed by atoms with Crippen LogP contribution in [0.25, 0.3) is 5.69 Å². The minimum absolute atomic E-state index is 0.0284. The zero-order valence-corrected chi connectivity index (χ0v) is 23.0. The maximum Gasteiger partial charge on any atom is 0.255 e. The summed E-state index contributed by atoms with van der Waals surface area (Å²) >= 11 is 5.94. The van der Waals surface area contributed by atoms with E-state index in [0.717, 1.165) is 32.5 Å². The summed E-state index contributed by atoms with van der Waals surface area (Å²) < 4.78 is 30.0. The molecule has 196 valence electrons. The second kappa shape index (κ2) is 11.8. The molecule has 7 nitrogen and oxygen atoms in total. The Morgan fingerprint density at radius 3 is 2.29 bits per heavy atom. The maximum atomic E-state index is 13.4. The van der Waals surface area contributed by atoms with E-state index >= 15 is 0 Å². The number of aryl methyl sites for hydroxylation is 2. The Labute approximate surface area is 228 Å². The lowest BCUT2D eigenvalue weighted by Gasteiger charge is -2.21. The molecule has 0 bridgehead atoms. The number of amides is 1. The zero-order chi connectivity index (χ0) is 27.3. The molecule has 0 fully saturated rings. The van der Waals surface area contributed by atoms with Crippen molar-refractivity contribution in [1.29, 1.82) is 0 Å². The summed E-state index contributed by atoms with van der Waals surface area (Å²) in [7, 11) is -3.97. The standard InChI is InChI=1S/C29H29ClN4O3S/c1-21-9-13-27(14-10-21)34-22(2)17-25(23(34)3)18-31-32-29(35)20-33(19-24-7-5-4-6-8-24)38(36,37)28-15-11-26(30)12-16-28/h4-18H,19-20H2,1-3H3,(H,32,35)/b31-18-. The predicted molar refractivity (Wildman–Crippen MR) is 151 cm³/mol. The van der Waals surface area contributed by atoms with Gasteiger partial charge in [-0.3, -0.25) is 4.79 Å². The van der Waals surface area contributed by atoms with Crippen LogP contribution in [0.5, 0.6) is 0 Å². The highest BCUT2D eigenvalue weighted by atomic mass is 35.5. The Balaban J connectivity index is 1.51. The molecule has 9 heteroatoms. The van der Waals surface area contributed by atoms with E-state index in [1.165, 1.54) is 29.8 Å². The third-order valence-electron chi connectivity index (χ3n) is 6.13. The molecule has 0 spiro atoms. The van der Waals surface area contributed by atoms with Gasteiger partial charge in [0.25, 0.3) is 5.91 Å². The average Bonchev–Trinajstić information content (AvgIpc) is 3.17. The van der Waals surface area contributed by atoms with Crippen molar-refractivity contribution in [3.63, 3.8) is 0 Å². The van der Waals surface area contributed by atoms with Crippen LogP contribution in [0, 0.1) is 20.8 Å². The van der Waals surface area contributed by atoms with Crippen LogP contribution < -0.4 is 5.43 Å². The number of carbonyl (C=O) groups is 1. The third kappa shape index (κ3) is 6.39. The second-order valence-corrected chi connectivity index (χ2v) is 11.4. The minimum Gasteiger partial charge on any atom is -0.318 e. The molecule has 0 saturated heterocycles. The number of benzene rings is 3. The van der Waals surface area contributed by atoms with Crippen molar-refractivity contribution in [2.45, 2.75) is 32.2 Å². The van der Waals surface area contributed by atoms with E-state index in [4.69, 9.17) is 11.6 Å². The number of rotatable bonds is 9. The first kappa shape index (κ1) is 27.3. The molecule has 1 aromatic heterocycles. The maximum absolute atomic E-state index is 13.4. The van der Waals surface area contributed by atoms with Gasteiger partial charge in [-0.15, -0.1) is 0 Å². The van der Waals surface area contributed by atoms with E-state index in [9.17, 15) is 13.2 Å². The average molecular weight is 549 g/mol.